The van der Waals surface area contributed by atoms with E-state index in [0.29, 0.717) is 18.8 Å². The first-order valence-corrected chi connectivity index (χ1v) is 5.01. The maximum atomic E-state index is 10.7. The van der Waals surface area contributed by atoms with Crippen LogP contribution in [0.5, 0.6) is 5.75 Å². The SMILES string of the molecule is CC(=O)CCOc1ccc(CC(=O)O)cc1. The first-order chi connectivity index (χ1) is 7.58. The smallest absolute Gasteiger partial charge is 0.307 e. The van der Waals surface area contributed by atoms with Crippen molar-refractivity contribution in [2.45, 2.75) is 19.8 Å². The minimum Gasteiger partial charge on any atom is -0.493 e. The van der Waals surface area contributed by atoms with E-state index in [4.69, 9.17) is 9.84 Å². The molecule has 86 valence electrons. The Labute approximate surface area is 93.9 Å². The van der Waals surface area contributed by atoms with Crippen molar-refractivity contribution >= 4 is 11.8 Å². The zero-order valence-electron chi connectivity index (χ0n) is 9.10. The fraction of sp³-hybridized carbons (Fsp3) is 0.333. The van der Waals surface area contributed by atoms with Gasteiger partial charge in [-0.15, -0.1) is 0 Å². The van der Waals surface area contributed by atoms with Crippen LogP contribution >= 0.6 is 0 Å². The number of carboxylic acids is 1. The molecule has 0 spiro atoms. The number of benzene rings is 1. The van der Waals surface area contributed by atoms with Crippen LogP contribution in [0.3, 0.4) is 0 Å². The molecule has 0 saturated carbocycles. The second-order valence-electron chi connectivity index (χ2n) is 3.51. The highest BCUT2D eigenvalue weighted by Crippen LogP contribution is 2.12. The van der Waals surface area contributed by atoms with E-state index in [9.17, 15) is 9.59 Å². The fourth-order valence-electron chi connectivity index (χ4n) is 1.19. The molecule has 4 heteroatoms. The van der Waals surface area contributed by atoms with Crippen LogP contribution in [-0.4, -0.2) is 23.5 Å². The summed E-state index contributed by atoms with van der Waals surface area (Å²) in [5.74, 6) is -0.122. The number of hydrogen-bond donors (Lipinski definition) is 1. The second-order valence-corrected chi connectivity index (χ2v) is 3.51. The maximum Gasteiger partial charge on any atom is 0.307 e. The van der Waals surface area contributed by atoms with Crippen molar-refractivity contribution < 1.29 is 19.4 Å². The lowest BCUT2D eigenvalue weighted by atomic mass is 10.1. The molecule has 4 nitrogen and oxygen atoms in total. The minimum absolute atomic E-state index is 0.00766. The quantitative estimate of drug-likeness (QED) is 0.795. The minimum atomic E-state index is -0.856. The highest BCUT2D eigenvalue weighted by atomic mass is 16.5. The lowest BCUT2D eigenvalue weighted by Crippen LogP contribution is -2.03. The molecule has 16 heavy (non-hydrogen) atoms. The summed E-state index contributed by atoms with van der Waals surface area (Å²) in [6.07, 6.45) is 0.393. The Morgan fingerprint density at radius 2 is 1.88 bits per heavy atom. The Bertz CT molecular complexity index is 367. The van der Waals surface area contributed by atoms with E-state index in [1.165, 1.54) is 6.92 Å². The Kier molecular flexibility index (Phi) is 4.51. The highest BCUT2D eigenvalue weighted by molar-refractivity contribution is 5.75. The Balaban J connectivity index is 2.45. The Morgan fingerprint density at radius 3 is 2.38 bits per heavy atom. The van der Waals surface area contributed by atoms with Crippen molar-refractivity contribution in [1.82, 2.24) is 0 Å². The number of ether oxygens (including phenoxy) is 1. The van der Waals surface area contributed by atoms with Crippen LogP contribution in [0, 0.1) is 0 Å². The molecule has 0 saturated heterocycles. The van der Waals surface area contributed by atoms with Crippen LogP contribution in [0.15, 0.2) is 24.3 Å². The molecule has 0 aliphatic carbocycles. The van der Waals surface area contributed by atoms with Crippen molar-refractivity contribution in [3.8, 4) is 5.75 Å². The molecule has 0 amide bonds. The fourth-order valence-corrected chi connectivity index (χ4v) is 1.19. The Hall–Kier alpha value is -1.84. The molecular weight excluding hydrogens is 208 g/mol. The van der Waals surface area contributed by atoms with Gasteiger partial charge >= 0.3 is 5.97 Å². The summed E-state index contributed by atoms with van der Waals surface area (Å²) in [4.78, 5) is 21.1. The summed E-state index contributed by atoms with van der Waals surface area (Å²) in [5.41, 5.74) is 0.728. The van der Waals surface area contributed by atoms with Gasteiger partial charge in [0.1, 0.15) is 11.5 Å². The summed E-state index contributed by atoms with van der Waals surface area (Å²) in [7, 11) is 0. The van der Waals surface area contributed by atoms with E-state index in [0.717, 1.165) is 5.56 Å². The first kappa shape index (κ1) is 12.2. The molecule has 0 bridgehead atoms. The van der Waals surface area contributed by atoms with E-state index in [1.54, 1.807) is 24.3 Å². The van der Waals surface area contributed by atoms with Gasteiger partial charge in [-0.1, -0.05) is 12.1 Å². The zero-order chi connectivity index (χ0) is 12.0. The third-order valence-electron chi connectivity index (χ3n) is 2.00. The molecule has 1 aromatic carbocycles. The van der Waals surface area contributed by atoms with Gasteiger partial charge in [-0.2, -0.15) is 0 Å². The molecule has 1 N–H and O–H groups in total. The normalized spacial score (nSPS) is 9.81. The average Bonchev–Trinajstić information content (AvgIpc) is 2.19. The van der Waals surface area contributed by atoms with E-state index in [2.05, 4.69) is 0 Å². The molecular formula is C12H14O4. The standard InChI is InChI=1S/C12H14O4/c1-9(13)6-7-16-11-4-2-10(3-5-11)8-12(14)15/h2-5H,6-8H2,1H3,(H,14,15). The van der Waals surface area contributed by atoms with Crippen LogP contribution < -0.4 is 4.74 Å². The van der Waals surface area contributed by atoms with Crippen molar-refractivity contribution in [2.24, 2.45) is 0 Å². The van der Waals surface area contributed by atoms with Gasteiger partial charge in [0.25, 0.3) is 0 Å². The lowest BCUT2D eigenvalue weighted by Gasteiger charge is -2.05. The van der Waals surface area contributed by atoms with Crippen molar-refractivity contribution in [3.63, 3.8) is 0 Å². The third kappa shape index (κ3) is 4.59. The summed E-state index contributed by atoms with van der Waals surface area (Å²) in [5, 5.41) is 8.57. The van der Waals surface area contributed by atoms with Gasteiger partial charge in [0, 0.05) is 6.42 Å². The van der Waals surface area contributed by atoms with Crippen molar-refractivity contribution in [3.05, 3.63) is 29.8 Å². The topological polar surface area (TPSA) is 63.6 Å². The van der Waals surface area contributed by atoms with Gasteiger partial charge in [-0.3, -0.25) is 9.59 Å². The highest BCUT2D eigenvalue weighted by Gasteiger charge is 2.01. The Morgan fingerprint density at radius 1 is 1.25 bits per heavy atom. The summed E-state index contributed by atoms with van der Waals surface area (Å²) in [6, 6.07) is 6.82. The van der Waals surface area contributed by atoms with Crippen LogP contribution in [-0.2, 0) is 16.0 Å². The summed E-state index contributed by atoms with van der Waals surface area (Å²) < 4.78 is 5.31. The van der Waals surface area contributed by atoms with E-state index >= 15 is 0 Å². The number of Topliss-reactive ketones (excluding diaryl/α,β-unsaturated/α-hetero) is 1. The van der Waals surface area contributed by atoms with Gasteiger partial charge in [-0.05, 0) is 24.6 Å². The van der Waals surface area contributed by atoms with Gasteiger partial charge in [0.15, 0.2) is 0 Å². The molecule has 0 aromatic heterocycles. The van der Waals surface area contributed by atoms with Gasteiger partial charge in [0.2, 0.25) is 0 Å². The predicted octanol–water partition coefficient (Wildman–Crippen LogP) is 1.67. The van der Waals surface area contributed by atoms with E-state index < -0.39 is 5.97 Å². The maximum absolute atomic E-state index is 10.7. The molecule has 0 unspecified atom stereocenters. The van der Waals surface area contributed by atoms with Crippen molar-refractivity contribution in [1.29, 1.82) is 0 Å². The summed E-state index contributed by atoms with van der Waals surface area (Å²) in [6.45, 7) is 1.87. The second kappa shape index (κ2) is 5.90. The largest absolute Gasteiger partial charge is 0.493 e. The molecule has 0 radical (unpaired) electrons. The number of ketones is 1. The van der Waals surface area contributed by atoms with E-state index in [1.807, 2.05) is 0 Å². The van der Waals surface area contributed by atoms with Crippen LogP contribution in [0.2, 0.25) is 0 Å². The van der Waals surface area contributed by atoms with Gasteiger partial charge < -0.3 is 9.84 Å². The van der Waals surface area contributed by atoms with Crippen molar-refractivity contribution in [2.75, 3.05) is 6.61 Å². The first-order valence-electron chi connectivity index (χ1n) is 5.01. The van der Waals surface area contributed by atoms with E-state index in [-0.39, 0.29) is 12.2 Å². The molecule has 0 aliphatic heterocycles. The number of aliphatic carboxylic acids is 1. The molecule has 1 rings (SSSR count). The monoisotopic (exact) mass is 222 g/mol. The van der Waals surface area contributed by atoms with Crippen LogP contribution in [0.1, 0.15) is 18.9 Å². The number of carbonyl (C=O) groups excluding carboxylic acids is 1. The predicted molar refractivity (Wildman–Crippen MR) is 58.6 cm³/mol. The molecule has 1 aromatic rings. The van der Waals surface area contributed by atoms with Crippen LogP contribution in [0.4, 0.5) is 0 Å². The number of carbonyl (C=O) groups is 2. The van der Waals surface area contributed by atoms with Crippen LogP contribution in [0.25, 0.3) is 0 Å². The van der Waals surface area contributed by atoms with Gasteiger partial charge in [-0.25, -0.2) is 0 Å². The molecule has 0 atom stereocenters. The number of carboxylic acid groups (broad SMARTS) is 1. The third-order valence-corrected chi connectivity index (χ3v) is 2.00. The molecule has 0 fully saturated rings. The average molecular weight is 222 g/mol. The lowest BCUT2D eigenvalue weighted by molar-refractivity contribution is -0.136. The summed E-state index contributed by atoms with van der Waals surface area (Å²) >= 11 is 0. The number of hydrogen-bond acceptors (Lipinski definition) is 3. The molecule has 0 heterocycles. The number of rotatable bonds is 6. The van der Waals surface area contributed by atoms with Gasteiger partial charge in [0.05, 0.1) is 13.0 Å². The zero-order valence-corrected chi connectivity index (χ0v) is 9.10. The molecule has 0 aliphatic rings.